The molecule has 1 amide bonds. The van der Waals surface area contributed by atoms with E-state index in [1.165, 1.54) is 13.1 Å². The zero-order valence-corrected chi connectivity index (χ0v) is 16.8. The molecule has 152 valence electrons. The van der Waals surface area contributed by atoms with Gasteiger partial charge in [-0.2, -0.15) is 0 Å². The smallest absolute Gasteiger partial charge is 0.332 e. The minimum absolute atomic E-state index is 0.0427. The van der Waals surface area contributed by atoms with E-state index in [1.807, 2.05) is 25.7 Å². The highest BCUT2D eigenvalue weighted by atomic mass is 16.5. The number of aromatic nitrogens is 3. The lowest BCUT2D eigenvalue weighted by molar-refractivity contribution is -0.125. The first-order valence-corrected chi connectivity index (χ1v) is 9.58. The fraction of sp³-hybridized carbons (Fsp3) is 0.579. The largest absolute Gasteiger partial charge is 0.361 e. The van der Waals surface area contributed by atoms with Crippen molar-refractivity contribution < 1.29 is 9.32 Å². The second-order valence-electron chi connectivity index (χ2n) is 7.23. The Morgan fingerprint density at radius 2 is 2.11 bits per heavy atom. The van der Waals surface area contributed by atoms with Crippen molar-refractivity contribution in [2.45, 2.75) is 46.7 Å². The van der Waals surface area contributed by atoms with E-state index in [1.54, 1.807) is 4.57 Å². The molecule has 0 aromatic carbocycles. The summed E-state index contributed by atoms with van der Waals surface area (Å²) in [7, 11) is 1.47. The Kier molecular flexibility index (Phi) is 5.71. The van der Waals surface area contributed by atoms with Crippen LogP contribution in [0.5, 0.6) is 0 Å². The molecule has 1 atom stereocenters. The lowest BCUT2D eigenvalue weighted by atomic mass is 9.97. The van der Waals surface area contributed by atoms with Crippen LogP contribution in [0.2, 0.25) is 0 Å². The molecule has 1 saturated heterocycles. The van der Waals surface area contributed by atoms with Crippen LogP contribution in [-0.2, 0) is 24.9 Å². The maximum atomic E-state index is 12.7. The first kappa shape index (κ1) is 19.9. The van der Waals surface area contributed by atoms with Gasteiger partial charge in [-0.05, 0) is 33.6 Å². The van der Waals surface area contributed by atoms with Crippen LogP contribution in [0.25, 0.3) is 0 Å². The van der Waals surface area contributed by atoms with Gasteiger partial charge < -0.3 is 14.7 Å². The standard InChI is InChI=1S/C19H27N5O4/c1-5-24-16(9-17(25)22(4)19(24)27)23-8-6-7-14(11-23)18(26)20-10-15-12(2)21-28-13(15)3/h9,14H,5-8,10-11H2,1-4H3,(H,20,26). The van der Waals surface area contributed by atoms with Crippen LogP contribution >= 0.6 is 0 Å². The average molecular weight is 389 g/mol. The fourth-order valence-electron chi connectivity index (χ4n) is 3.69. The van der Waals surface area contributed by atoms with Crippen LogP contribution < -0.4 is 21.5 Å². The SMILES string of the molecule is CCn1c(N2CCCC(C(=O)NCc3c(C)noc3C)C2)cc(=O)n(C)c1=O. The van der Waals surface area contributed by atoms with Crippen molar-refractivity contribution in [2.75, 3.05) is 18.0 Å². The van der Waals surface area contributed by atoms with Gasteiger partial charge in [0.1, 0.15) is 11.6 Å². The first-order chi connectivity index (χ1) is 13.3. The van der Waals surface area contributed by atoms with Crippen LogP contribution in [0.15, 0.2) is 20.2 Å². The number of aryl methyl sites for hydroxylation is 2. The summed E-state index contributed by atoms with van der Waals surface area (Å²) >= 11 is 0. The van der Waals surface area contributed by atoms with Gasteiger partial charge in [0.25, 0.3) is 5.56 Å². The molecule has 0 spiro atoms. The molecule has 28 heavy (non-hydrogen) atoms. The number of amides is 1. The summed E-state index contributed by atoms with van der Waals surface area (Å²) in [5, 5.41) is 6.87. The quantitative estimate of drug-likeness (QED) is 0.808. The normalized spacial score (nSPS) is 17.0. The monoisotopic (exact) mass is 389 g/mol. The Morgan fingerprint density at radius 1 is 1.36 bits per heavy atom. The van der Waals surface area contributed by atoms with Crippen molar-refractivity contribution in [1.82, 2.24) is 19.6 Å². The summed E-state index contributed by atoms with van der Waals surface area (Å²) in [5.41, 5.74) is 0.993. The van der Waals surface area contributed by atoms with Crippen molar-refractivity contribution >= 4 is 11.7 Å². The molecular formula is C19H27N5O4. The van der Waals surface area contributed by atoms with Crippen LogP contribution in [0.4, 0.5) is 5.82 Å². The van der Waals surface area contributed by atoms with E-state index in [9.17, 15) is 14.4 Å². The lowest BCUT2D eigenvalue weighted by Crippen LogP contribution is -2.47. The van der Waals surface area contributed by atoms with E-state index in [0.717, 1.165) is 28.7 Å². The van der Waals surface area contributed by atoms with Crippen molar-refractivity contribution in [3.05, 3.63) is 43.9 Å². The molecule has 2 aromatic rings. The second kappa shape index (κ2) is 8.04. The van der Waals surface area contributed by atoms with Gasteiger partial charge in [0.05, 0.1) is 11.6 Å². The van der Waals surface area contributed by atoms with Crippen LogP contribution in [0.3, 0.4) is 0 Å². The molecule has 1 fully saturated rings. The summed E-state index contributed by atoms with van der Waals surface area (Å²) in [4.78, 5) is 39.2. The van der Waals surface area contributed by atoms with Gasteiger partial charge in [-0.15, -0.1) is 0 Å². The van der Waals surface area contributed by atoms with E-state index in [0.29, 0.717) is 37.8 Å². The summed E-state index contributed by atoms with van der Waals surface area (Å²) in [5.74, 6) is 1.03. The van der Waals surface area contributed by atoms with Gasteiger partial charge >= 0.3 is 5.69 Å². The highest BCUT2D eigenvalue weighted by Gasteiger charge is 2.28. The van der Waals surface area contributed by atoms with Gasteiger partial charge in [-0.1, -0.05) is 5.16 Å². The van der Waals surface area contributed by atoms with Crippen LogP contribution in [0.1, 0.15) is 36.8 Å². The van der Waals surface area contributed by atoms with Crippen molar-refractivity contribution in [3.63, 3.8) is 0 Å². The van der Waals surface area contributed by atoms with E-state index >= 15 is 0 Å². The van der Waals surface area contributed by atoms with E-state index < -0.39 is 0 Å². The zero-order chi connectivity index (χ0) is 20.4. The number of nitrogens with zero attached hydrogens (tertiary/aromatic N) is 4. The van der Waals surface area contributed by atoms with E-state index in [-0.39, 0.29) is 23.1 Å². The topological polar surface area (TPSA) is 102 Å². The number of anilines is 1. The molecule has 0 radical (unpaired) electrons. The number of carbonyl (C=O) groups is 1. The summed E-state index contributed by atoms with van der Waals surface area (Å²) in [6.07, 6.45) is 1.58. The predicted molar refractivity (Wildman–Crippen MR) is 104 cm³/mol. The van der Waals surface area contributed by atoms with Crippen LogP contribution in [-0.4, -0.2) is 33.3 Å². The predicted octanol–water partition coefficient (Wildman–Crippen LogP) is 0.705. The maximum Gasteiger partial charge on any atom is 0.332 e. The number of carbonyl (C=O) groups excluding carboxylic acids is 1. The Hall–Kier alpha value is -2.84. The Morgan fingerprint density at radius 3 is 2.75 bits per heavy atom. The van der Waals surface area contributed by atoms with Crippen molar-refractivity contribution in [1.29, 1.82) is 0 Å². The number of nitrogens with one attached hydrogen (secondary N) is 1. The highest BCUT2D eigenvalue weighted by Crippen LogP contribution is 2.22. The molecule has 3 heterocycles. The molecule has 1 unspecified atom stereocenters. The molecule has 2 aromatic heterocycles. The number of hydrogen-bond acceptors (Lipinski definition) is 6. The summed E-state index contributed by atoms with van der Waals surface area (Å²) in [6, 6.07) is 1.48. The molecule has 0 bridgehead atoms. The molecule has 1 aliphatic heterocycles. The molecule has 9 heteroatoms. The molecule has 3 rings (SSSR count). The minimum atomic E-state index is -0.338. The first-order valence-electron chi connectivity index (χ1n) is 9.58. The Bertz CT molecular complexity index is 968. The Labute approximate surface area is 162 Å². The number of piperidine rings is 1. The molecule has 9 nitrogen and oxygen atoms in total. The zero-order valence-electron chi connectivity index (χ0n) is 16.8. The fourth-order valence-corrected chi connectivity index (χ4v) is 3.69. The number of hydrogen-bond donors (Lipinski definition) is 1. The third-order valence-electron chi connectivity index (χ3n) is 5.43. The van der Waals surface area contributed by atoms with E-state index in [4.69, 9.17) is 4.52 Å². The third kappa shape index (κ3) is 3.74. The molecular weight excluding hydrogens is 362 g/mol. The van der Waals surface area contributed by atoms with E-state index in [2.05, 4.69) is 10.5 Å². The third-order valence-corrected chi connectivity index (χ3v) is 5.43. The highest BCUT2D eigenvalue weighted by molar-refractivity contribution is 5.79. The second-order valence-corrected chi connectivity index (χ2v) is 7.23. The lowest BCUT2D eigenvalue weighted by Gasteiger charge is -2.34. The Balaban J connectivity index is 1.75. The summed E-state index contributed by atoms with van der Waals surface area (Å²) in [6.45, 7) is 7.56. The van der Waals surface area contributed by atoms with Gasteiger partial charge in [0, 0.05) is 44.9 Å². The van der Waals surface area contributed by atoms with Gasteiger partial charge in [-0.25, -0.2) is 4.79 Å². The molecule has 0 saturated carbocycles. The van der Waals surface area contributed by atoms with Crippen molar-refractivity contribution in [2.24, 2.45) is 13.0 Å². The van der Waals surface area contributed by atoms with Gasteiger partial charge in [-0.3, -0.25) is 18.7 Å². The minimum Gasteiger partial charge on any atom is -0.361 e. The van der Waals surface area contributed by atoms with Crippen LogP contribution in [0, 0.1) is 19.8 Å². The maximum absolute atomic E-state index is 12.7. The average Bonchev–Trinajstić information content (AvgIpc) is 3.01. The van der Waals surface area contributed by atoms with Gasteiger partial charge in [0.15, 0.2) is 0 Å². The summed E-state index contributed by atoms with van der Waals surface area (Å²) < 4.78 is 7.81. The number of rotatable bonds is 5. The van der Waals surface area contributed by atoms with Gasteiger partial charge in [0.2, 0.25) is 5.91 Å². The molecule has 0 aliphatic carbocycles. The van der Waals surface area contributed by atoms with Crippen molar-refractivity contribution in [3.8, 4) is 0 Å². The molecule has 1 N–H and O–H groups in total. The molecule has 1 aliphatic rings.